The molecule has 118 valence electrons. The molecule has 2 aliphatic heterocycles. The summed E-state index contributed by atoms with van der Waals surface area (Å²) >= 11 is 0. The van der Waals surface area contributed by atoms with Gasteiger partial charge >= 0.3 is 0 Å². The highest BCUT2D eigenvalue weighted by Gasteiger charge is 2.33. The van der Waals surface area contributed by atoms with E-state index >= 15 is 0 Å². The summed E-state index contributed by atoms with van der Waals surface area (Å²) in [5.74, 6) is 0. The first-order valence-corrected chi connectivity index (χ1v) is 8.84. The topological polar surface area (TPSA) is 42.3 Å². The number of likely N-dealkylation sites (tertiary alicyclic amines) is 2. The predicted molar refractivity (Wildman–Crippen MR) is 85.1 cm³/mol. The molecule has 0 spiro atoms. The van der Waals surface area contributed by atoms with Crippen molar-refractivity contribution in [2.45, 2.75) is 69.5 Å². The second-order valence-corrected chi connectivity index (χ2v) is 7.45. The Balaban J connectivity index is 1.36. The molecule has 0 aromatic heterocycles. The van der Waals surface area contributed by atoms with Gasteiger partial charge in [-0.05, 0) is 78.0 Å². The Labute approximate surface area is 129 Å². The van der Waals surface area contributed by atoms with Gasteiger partial charge in [0, 0.05) is 18.6 Å². The van der Waals surface area contributed by atoms with Gasteiger partial charge in [-0.25, -0.2) is 0 Å². The molecule has 3 aliphatic rings. The summed E-state index contributed by atoms with van der Waals surface area (Å²) in [5, 5.41) is 12.9. The van der Waals surface area contributed by atoms with Crippen molar-refractivity contribution < 1.29 is 0 Å². The lowest BCUT2D eigenvalue weighted by Gasteiger charge is -2.26. The van der Waals surface area contributed by atoms with Crippen LogP contribution < -0.4 is 5.32 Å². The molecule has 0 aromatic carbocycles. The van der Waals surface area contributed by atoms with Gasteiger partial charge < -0.3 is 4.90 Å². The third kappa shape index (κ3) is 4.18. The van der Waals surface area contributed by atoms with Crippen molar-refractivity contribution in [1.82, 2.24) is 15.1 Å². The van der Waals surface area contributed by atoms with E-state index in [0.29, 0.717) is 6.04 Å². The van der Waals surface area contributed by atoms with Gasteiger partial charge in [-0.2, -0.15) is 5.26 Å². The molecule has 0 aromatic rings. The van der Waals surface area contributed by atoms with Gasteiger partial charge in [-0.15, -0.1) is 0 Å². The fourth-order valence-electron chi connectivity index (χ4n) is 3.91. The minimum absolute atomic E-state index is 0.310. The zero-order chi connectivity index (χ0) is 14.7. The largest absolute Gasteiger partial charge is 0.302 e. The van der Waals surface area contributed by atoms with E-state index in [4.69, 9.17) is 0 Å². The monoisotopic (exact) mass is 290 g/mol. The lowest BCUT2D eigenvalue weighted by Crippen LogP contribution is -2.43. The zero-order valence-corrected chi connectivity index (χ0v) is 13.5. The first-order chi connectivity index (χ1) is 10.2. The standard InChI is InChI=1S/C17H30N4/c1-17(14-18,19-15-5-6-15)8-4-9-20-12-7-16(13-20)21-10-2-3-11-21/h15-16,19H,2-13H2,1H3. The molecule has 1 N–H and O–H groups in total. The van der Waals surface area contributed by atoms with Crippen LogP contribution in [0.3, 0.4) is 0 Å². The summed E-state index contributed by atoms with van der Waals surface area (Å²) in [5.41, 5.74) is -0.310. The first-order valence-electron chi connectivity index (χ1n) is 8.84. The molecule has 0 radical (unpaired) electrons. The zero-order valence-electron chi connectivity index (χ0n) is 13.5. The van der Waals surface area contributed by atoms with Crippen molar-refractivity contribution in [1.29, 1.82) is 5.26 Å². The van der Waals surface area contributed by atoms with Crippen LogP contribution in [0.4, 0.5) is 0 Å². The average molecular weight is 290 g/mol. The Bertz CT molecular complexity index is 381. The number of hydrogen-bond acceptors (Lipinski definition) is 4. The van der Waals surface area contributed by atoms with Gasteiger partial charge in [0.25, 0.3) is 0 Å². The number of nitrogens with zero attached hydrogens (tertiary/aromatic N) is 3. The Morgan fingerprint density at radius 1 is 1.19 bits per heavy atom. The summed E-state index contributed by atoms with van der Waals surface area (Å²) < 4.78 is 0. The van der Waals surface area contributed by atoms with Crippen LogP contribution in [0.25, 0.3) is 0 Å². The molecule has 0 bridgehead atoms. The highest BCUT2D eigenvalue weighted by Crippen LogP contribution is 2.25. The van der Waals surface area contributed by atoms with Crippen LogP contribution in [0.15, 0.2) is 0 Å². The normalized spacial score (nSPS) is 30.4. The molecule has 2 heterocycles. The van der Waals surface area contributed by atoms with Crippen molar-refractivity contribution >= 4 is 0 Å². The molecule has 4 nitrogen and oxygen atoms in total. The molecule has 2 atom stereocenters. The molecule has 21 heavy (non-hydrogen) atoms. The van der Waals surface area contributed by atoms with E-state index < -0.39 is 0 Å². The molecule has 1 saturated carbocycles. The van der Waals surface area contributed by atoms with Crippen molar-refractivity contribution in [3.63, 3.8) is 0 Å². The van der Waals surface area contributed by atoms with Crippen LogP contribution in [0.1, 0.15) is 51.9 Å². The van der Waals surface area contributed by atoms with E-state index in [1.165, 1.54) is 58.3 Å². The maximum atomic E-state index is 9.41. The summed E-state index contributed by atoms with van der Waals surface area (Å²) in [6.45, 7) is 8.36. The summed E-state index contributed by atoms with van der Waals surface area (Å²) in [7, 11) is 0. The second-order valence-electron chi connectivity index (χ2n) is 7.45. The Kier molecular flexibility index (Phi) is 4.83. The fraction of sp³-hybridized carbons (Fsp3) is 0.941. The lowest BCUT2D eigenvalue weighted by molar-refractivity contribution is 0.228. The number of rotatable bonds is 7. The summed E-state index contributed by atoms with van der Waals surface area (Å²) in [6.07, 6.45) is 8.74. The molecule has 2 unspecified atom stereocenters. The minimum atomic E-state index is -0.310. The molecule has 3 fully saturated rings. The number of nitriles is 1. The highest BCUT2D eigenvalue weighted by molar-refractivity contribution is 5.07. The van der Waals surface area contributed by atoms with E-state index in [-0.39, 0.29) is 5.54 Å². The molecular weight excluding hydrogens is 260 g/mol. The maximum Gasteiger partial charge on any atom is 0.104 e. The van der Waals surface area contributed by atoms with Crippen LogP contribution in [0, 0.1) is 11.3 Å². The van der Waals surface area contributed by atoms with Gasteiger partial charge in [0.1, 0.15) is 5.54 Å². The van der Waals surface area contributed by atoms with Crippen LogP contribution in [0.5, 0.6) is 0 Å². The van der Waals surface area contributed by atoms with Crippen molar-refractivity contribution in [3.05, 3.63) is 0 Å². The van der Waals surface area contributed by atoms with Crippen LogP contribution in [0.2, 0.25) is 0 Å². The van der Waals surface area contributed by atoms with E-state index in [1.807, 2.05) is 0 Å². The van der Waals surface area contributed by atoms with Crippen molar-refractivity contribution in [3.8, 4) is 6.07 Å². The van der Waals surface area contributed by atoms with Crippen molar-refractivity contribution in [2.75, 3.05) is 32.7 Å². The molecule has 1 aliphatic carbocycles. The van der Waals surface area contributed by atoms with Crippen LogP contribution >= 0.6 is 0 Å². The third-order valence-corrected chi connectivity index (χ3v) is 5.40. The molecule has 2 saturated heterocycles. The third-order valence-electron chi connectivity index (χ3n) is 5.40. The maximum absolute atomic E-state index is 9.41. The van der Waals surface area contributed by atoms with Gasteiger partial charge in [-0.3, -0.25) is 10.2 Å². The van der Waals surface area contributed by atoms with E-state index in [9.17, 15) is 5.26 Å². The highest BCUT2D eigenvalue weighted by atomic mass is 15.3. The SMILES string of the molecule is CC(C#N)(CCCN1CCC(N2CCCC2)C1)NC1CC1. The lowest BCUT2D eigenvalue weighted by atomic mass is 9.97. The van der Waals surface area contributed by atoms with Gasteiger partial charge in [0.2, 0.25) is 0 Å². The fourth-order valence-corrected chi connectivity index (χ4v) is 3.91. The Morgan fingerprint density at radius 3 is 2.62 bits per heavy atom. The van der Waals surface area contributed by atoms with E-state index in [0.717, 1.165) is 25.4 Å². The summed E-state index contributed by atoms with van der Waals surface area (Å²) in [6, 6.07) is 3.91. The molecule has 0 amide bonds. The van der Waals surface area contributed by atoms with Gasteiger partial charge in [-0.1, -0.05) is 0 Å². The quantitative estimate of drug-likeness (QED) is 0.778. The van der Waals surface area contributed by atoms with Crippen LogP contribution in [-0.2, 0) is 0 Å². The van der Waals surface area contributed by atoms with E-state index in [1.54, 1.807) is 0 Å². The molecular formula is C17H30N4. The number of nitrogens with one attached hydrogen (secondary N) is 1. The second kappa shape index (κ2) is 6.64. The molecule has 4 heteroatoms. The van der Waals surface area contributed by atoms with E-state index in [2.05, 4.69) is 28.1 Å². The predicted octanol–water partition coefficient (Wildman–Crippen LogP) is 1.97. The van der Waals surface area contributed by atoms with Crippen LogP contribution in [-0.4, -0.2) is 60.1 Å². The van der Waals surface area contributed by atoms with Gasteiger partial charge in [0.15, 0.2) is 0 Å². The summed E-state index contributed by atoms with van der Waals surface area (Å²) in [4.78, 5) is 5.30. The van der Waals surface area contributed by atoms with Crippen molar-refractivity contribution in [2.24, 2.45) is 0 Å². The number of hydrogen-bond donors (Lipinski definition) is 1. The Hall–Kier alpha value is -0.630. The first kappa shape index (κ1) is 15.3. The van der Waals surface area contributed by atoms with Gasteiger partial charge in [0.05, 0.1) is 6.07 Å². The Morgan fingerprint density at radius 2 is 1.95 bits per heavy atom. The average Bonchev–Trinajstić information content (AvgIpc) is 2.97. The molecule has 3 rings (SSSR count). The smallest absolute Gasteiger partial charge is 0.104 e. The minimum Gasteiger partial charge on any atom is -0.302 e.